The van der Waals surface area contributed by atoms with Crippen LogP contribution in [0.4, 0.5) is 5.69 Å². The predicted molar refractivity (Wildman–Crippen MR) is 127 cm³/mol. The summed E-state index contributed by atoms with van der Waals surface area (Å²) in [5, 5.41) is 14.7. The maximum Gasteiger partial charge on any atom is 0.234 e. The van der Waals surface area contributed by atoms with Gasteiger partial charge in [0.1, 0.15) is 11.5 Å². The number of anilines is 1. The van der Waals surface area contributed by atoms with Crippen LogP contribution in [0.15, 0.2) is 53.7 Å². The predicted octanol–water partition coefficient (Wildman–Crippen LogP) is 2.90. The van der Waals surface area contributed by atoms with E-state index in [4.69, 9.17) is 9.47 Å². The highest BCUT2D eigenvalue weighted by molar-refractivity contribution is 7.99. The summed E-state index contributed by atoms with van der Waals surface area (Å²) in [6.07, 6.45) is 0.261. The summed E-state index contributed by atoms with van der Waals surface area (Å²) in [5.74, 6) is 2.04. The van der Waals surface area contributed by atoms with Gasteiger partial charge in [0.05, 0.1) is 32.9 Å². The molecule has 0 radical (unpaired) electrons. The molecule has 9 nitrogen and oxygen atoms in total. The van der Waals surface area contributed by atoms with E-state index in [0.29, 0.717) is 23.2 Å². The highest BCUT2D eigenvalue weighted by atomic mass is 32.2. The molecule has 0 saturated heterocycles. The Morgan fingerprint density at radius 3 is 2.18 bits per heavy atom. The van der Waals surface area contributed by atoms with Gasteiger partial charge in [-0.3, -0.25) is 9.59 Å². The summed E-state index contributed by atoms with van der Waals surface area (Å²) in [6.45, 7) is 2.85. The van der Waals surface area contributed by atoms with Gasteiger partial charge >= 0.3 is 0 Å². The van der Waals surface area contributed by atoms with E-state index >= 15 is 0 Å². The van der Waals surface area contributed by atoms with Crippen LogP contribution < -0.4 is 20.1 Å². The van der Waals surface area contributed by atoms with Crippen LogP contribution in [-0.2, 0) is 29.1 Å². The minimum Gasteiger partial charge on any atom is -0.497 e. The Balaban J connectivity index is 1.49. The number of hydrogen-bond donors (Lipinski definition) is 2. The van der Waals surface area contributed by atoms with Crippen LogP contribution in [0.3, 0.4) is 0 Å². The minimum atomic E-state index is -0.148. The first kappa shape index (κ1) is 24.1. The van der Waals surface area contributed by atoms with E-state index in [1.165, 1.54) is 11.8 Å². The number of carbonyl (C=O) groups excluding carboxylic acids is 2. The lowest BCUT2D eigenvalue weighted by Gasteiger charge is -2.09. The zero-order chi connectivity index (χ0) is 23.6. The fourth-order valence-electron chi connectivity index (χ4n) is 3.04. The first-order valence-electron chi connectivity index (χ1n) is 10.4. The summed E-state index contributed by atoms with van der Waals surface area (Å²) < 4.78 is 12.1. The van der Waals surface area contributed by atoms with Crippen LogP contribution in [0.25, 0.3) is 0 Å². The molecule has 2 aromatic carbocycles. The summed E-state index contributed by atoms with van der Waals surface area (Å²) in [4.78, 5) is 24.6. The van der Waals surface area contributed by atoms with Gasteiger partial charge in [0.15, 0.2) is 11.0 Å². The smallest absolute Gasteiger partial charge is 0.234 e. The van der Waals surface area contributed by atoms with Crippen molar-refractivity contribution in [2.45, 2.75) is 31.6 Å². The van der Waals surface area contributed by atoms with E-state index in [9.17, 15) is 9.59 Å². The number of benzene rings is 2. The molecular formula is C23H27N5O4S. The zero-order valence-corrected chi connectivity index (χ0v) is 19.6. The number of thioether (sulfide) groups is 1. The molecule has 0 fully saturated rings. The van der Waals surface area contributed by atoms with E-state index in [2.05, 4.69) is 20.8 Å². The quantitative estimate of drug-likeness (QED) is 0.416. The highest BCUT2D eigenvalue weighted by Gasteiger charge is 2.14. The number of nitrogens with one attached hydrogen (secondary N) is 2. The van der Waals surface area contributed by atoms with Gasteiger partial charge in [0.2, 0.25) is 11.8 Å². The number of amides is 2. The molecule has 0 aliphatic heterocycles. The molecule has 174 valence electrons. The first-order valence-corrected chi connectivity index (χ1v) is 11.4. The molecule has 0 unspecified atom stereocenters. The molecule has 0 aliphatic rings. The topological polar surface area (TPSA) is 107 Å². The van der Waals surface area contributed by atoms with Crippen LogP contribution in [0, 0.1) is 0 Å². The van der Waals surface area contributed by atoms with Crippen LogP contribution in [0.2, 0.25) is 0 Å². The number of nitrogens with zero attached hydrogens (tertiary/aromatic N) is 3. The Bertz CT molecular complexity index is 984. The molecule has 3 rings (SSSR count). The number of hydrogen-bond acceptors (Lipinski definition) is 7. The Labute approximate surface area is 196 Å². The SMILES string of the molecule is CCn1c(CNC(=O)Cc2ccc(OC)cc2)nnc1SCC(=O)Nc1ccc(OC)cc1. The number of aromatic nitrogens is 3. The van der Waals surface area contributed by atoms with Crippen molar-refractivity contribution in [3.63, 3.8) is 0 Å². The van der Waals surface area contributed by atoms with Crippen molar-refractivity contribution >= 4 is 29.3 Å². The average Bonchev–Trinajstić information content (AvgIpc) is 3.24. The van der Waals surface area contributed by atoms with E-state index in [1.54, 1.807) is 38.5 Å². The lowest BCUT2D eigenvalue weighted by molar-refractivity contribution is -0.120. The molecule has 2 amide bonds. The van der Waals surface area contributed by atoms with Gasteiger partial charge in [-0.05, 0) is 48.9 Å². The van der Waals surface area contributed by atoms with Crippen molar-refractivity contribution in [1.29, 1.82) is 0 Å². The zero-order valence-electron chi connectivity index (χ0n) is 18.8. The molecule has 33 heavy (non-hydrogen) atoms. The third kappa shape index (κ3) is 6.98. The lowest BCUT2D eigenvalue weighted by atomic mass is 10.1. The second kappa shape index (κ2) is 11.9. The molecule has 0 saturated carbocycles. The summed E-state index contributed by atoms with van der Waals surface area (Å²) >= 11 is 1.30. The van der Waals surface area contributed by atoms with Gasteiger partial charge in [-0.2, -0.15) is 0 Å². The molecule has 0 atom stereocenters. The van der Waals surface area contributed by atoms with Gasteiger partial charge in [-0.1, -0.05) is 23.9 Å². The maximum atomic E-state index is 12.3. The van der Waals surface area contributed by atoms with Gasteiger partial charge in [-0.15, -0.1) is 10.2 Å². The number of carbonyl (C=O) groups is 2. The minimum absolute atomic E-state index is 0.112. The molecule has 0 bridgehead atoms. The summed E-state index contributed by atoms with van der Waals surface area (Å²) in [7, 11) is 3.19. The third-order valence-corrected chi connectivity index (χ3v) is 5.75. The highest BCUT2D eigenvalue weighted by Crippen LogP contribution is 2.19. The molecular weight excluding hydrogens is 442 g/mol. The average molecular weight is 470 g/mol. The van der Waals surface area contributed by atoms with Gasteiger partial charge in [0.25, 0.3) is 0 Å². The normalized spacial score (nSPS) is 10.5. The second-order valence-electron chi connectivity index (χ2n) is 7.01. The number of methoxy groups -OCH3 is 2. The first-order chi connectivity index (χ1) is 16.0. The van der Waals surface area contributed by atoms with Gasteiger partial charge in [0, 0.05) is 12.2 Å². The Hall–Kier alpha value is -3.53. The van der Waals surface area contributed by atoms with E-state index < -0.39 is 0 Å². The van der Waals surface area contributed by atoms with Crippen LogP contribution in [0.1, 0.15) is 18.3 Å². The summed E-state index contributed by atoms with van der Waals surface area (Å²) in [5.41, 5.74) is 1.59. The van der Waals surface area contributed by atoms with Crippen molar-refractivity contribution in [2.24, 2.45) is 0 Å². The molecule has 10 heteroatoms. The lowest BCUT2D eigenvalue weighted by Crippen LogP contribution is -2.26. The molecule has 1 aromatic heterocycles. The Morgan fingerprint density at radius 1 is 0.939 bits per heavy atom. The maximum absolute atomic E-state index is 12.3. The molecule has 0 aliphatic carbocycles. The van der Waals surface area contributed by atoms with E-state index in [0.717, 1.165) is 17.1 Å². The molecule has 2 N–H and O–H groups in total. The molecule has 3 aromatic rings. The standard InChI is InChI=1S/C23H27N5O4S/c1-4-28-20(14-24-21(29)13-16-5-9-18(31-2)10-6-16)26-27-23(28)33-15-22(30)25-17-7-11-19(32-3)12-8-17/h5-12H,4,13-15H2,1-3H3,(H,24,29)(H,25,30). The van der Waals surface area contributed by atoms with Crippen molar-refractivity contribution in [1.82, 2.24) is 20.1 Å². The van der Waals surface area contributed by atoms with Gasteiger partial charge in [-0.25, -0.2) is 0 Å². The third-order valence-electron chi connectivity index (χ3n) is 4.78. The largest absolute Gasteiger partial charge is 0.497 e. The van der Waals surface area contributed by atoms with Crippen molar-refractivity contribution in [2.75, 3.05) is 25.3 Å². The monoisotopic (exact) mass is 469 g/mol. The number of rotatable bonds is 11. The summed E-state index contributed by atoms with van der Waals surface area (Å²) in [6, 6.07) is 14.5. The molecule has 1 heterocycles. The van der Waals surface area contributed by atoms with Crippen molar-refractivity contribution < 1.29 is 19.1 Å². The van der Waals surface area contributed by atoms with Crippen LogP contribution >= 0.6 is 11.8 Å². The van der Waals surface area contributed by atoms with Crippen molar-refractivity contribution in [3.05, 3.63) is 59.9 Å². The van der Waals surface area contributed by atoms with Crippen molar-refractivity contribution in [3.8, 4) is 11.5 Å². The second-order valence-corrected chi connectivity index (χ2v) is 7.95. The van der Waals surface area contributed by atoms with Crippen LogP contribution in [0.5, 0.6) is 11.5 Å². The molecule has 0 spiro atoms. The Morgan fingerprint density at radius 2 is 1.58 bits per heavy atom. The van der Waals surface area contributed by atoms with E-state index in [1.807, 2.05) is 35.8 Å². The van der Waals surface area contributed by atoms with Gasteiger partial charge < -0.3 is 24.7 Å². The van der Waals surface area contributed by atoms with Crippen LogP contribution in [-0.4, -0.2) is 46.6 Å². The number of ether oxygens (including phenoxy) is 2. The fourth-order valence-corrected chi connectivity index (χ4v) is 3.87. The fraction of sp³-hybridized carbons (Fsp3) is 0.304. The Kier molecular flexibility index (Phi) is 8.71. The van der Waals surface area contributed by atoms with E-state index in [-0.39, 0.29) is 30.5 Å².